The molecule has 1 aromatic rings. The van der Waals surface area contributed by atoms with E-state index in [4.69, 9.17) is 10.7 Å². The molecule has 6 heteroatoms. The maximum Gasteiger partial charge on any atom is 0.278 e. The van der Waals surface area contributed by atoms with Crippen molar-refractivity contribution in [2.75, 3.05) is 0 Å². The molecule has 0 saturated carbocycles. The second-order valence-corrected chi connectivity index (χ2v) is 4.69. The maximum absolute atomic E-state index is 12.4. The number of aryl methyl sites for hydroxylation is 1. The summed E-state index contributed by atoms with van der Waals surface area (Å²) in [5.74, 6) is -0.587. The molecule has 66 valence electrons. The average Bonchev–Trinajstić information content (AvgIpc) is 1.83. The lowest BCUT2D eigenvalue weighted by atomic mass is 10.3. The Morgan fingerprint density at radius 2 is 2.17 bits per heavy atom. The molecule has 0 radical (unpaired) electrons. The van der Waals surface area contributed by atoms with E-state index in [1.807, 2.05) is 0 Å². The maximum atomic E-state index is 12.4. The Kier molecular flexibility index (Phi) is 2.34. The molecule has 3 nitrogen and oxygen atoms in total. The zero-order chi connectivity index (χ0) is 9.35. The summed E-state index contributed by atoms with van der Waals surface area (Å²) in [4.78, 5) is 3.35. The summed E-state index contributed by atoms with van der Waals surface area (Å²) in [6.45, 7) is 1.42. The average molecular weight is 210 g/mol. The van der Waals surface area contributed by atoms with Gasteiger partial charge >= 0.3 is 0 Å². The molecular weight excluding hydrogens is 205 g/mol. The van der Waals surface area contributed by atoms with Gasteiger partial charge in [0.25, 0.3) is 9.05 Å². The van der Waals surface area contributed by atoms with E-state index in [0.717, 1.165) is 12.3 Å². The van der Waals surface area contributed by atoms with Crippen LogP contribution in [-0.2, 0) is 9.05 Å². The zero-order valence-electron chi connectivity index (χ0n) is 6.08. The summed E-state index contributed by atoms with van der Waals surface area (Å²) in [6, 6.07) is 1.06. The van der Waals surface area contributed by atoms with E-state index in [1.54, 1.807) is 0 Å². The van der Waals surface area contributed by atoms with Gasteiger partial charge in [0, 0.05) is 10.7 Å². The van der Waals surface area contributed by atoms with Crippen LogP contribution in [0.3, 0.4) is 0 Å². The fourth-order valence-corrected chi connectivity index (χ4v) is 1.89. The van der Waals surface area contributed by atoms with Gasteiger partial charge in [-0.15, -0.1) is 0 Å². The molecule has 0 spiro atoms. The second-order valence-electron chi connectivity index (χ2n) is 2.21. The van der Waals surface area contributed by atoms with Crippen LogP contribution in [0, 0.1) is 12.7 Å². The van der Waals surface area contributed by atoms with Crippen molar-refractivity contribution in [2.45, 2.75) is 11.9 Å². The van der Waals surface area contributed by atoms with Gasteiger partial charge in [-0.05, 0) is 18.6 Å². The Labute approximate surface area is 73.6 Å². The van der Waals surface area contributed by atoms with E-state index in [0.29, 0.717) is 0 Å². The predicted molar refractivity (Wildman–Crippen MR) is 42.0 cm³/mol. The van der Waals surface area contributed by atoms with Crippen molar-refractivity contribution in [3.8, 4) is 0 Å². The number of nitrogens with zero attached hydrogens (tertiary/aromatic N) is 1. The molecule has 0 aliphatic rings. The van der Waals surface area contributed by atoms with Crippen molar-refractivity contribution in [1.82, 2.24) is 4.98 Å². The number of aromatic nitrogens is 1. The first-order chi connectivity index (χ1) is 5.41. The largest absolute Gasteiger partial charge is 0.278 e. The summed E-state index contributed by atoms with van der Waals surface area (Å²) in [5, 5.41) is -0.300. The highest BCUT2D eigenvalue weighted by molar-refractivity contribution is 8.13. The van der Waals surface area contributed by atoms with Crippen LogP contribution in [-0.4, -0.2) is 13.4 Å². The van der Waals surface area contributed by atoms with E-state index >= 15 is 0 Å². The van der Waals surface area contributed by atoms with Gasteiger partial charge in [-0.1, -0.05) is 0 Å². The minimum absolute atomic E-state index is 0.199. The summed E-state index contributed by atoms with van der Waals surface area (Å²) in [6.07, 6.45) is 0.808. The summed E-state index contributed by atoms with van der Waals surface area (Å²) >= 11 is 0. The van der Waals surface area contributed by atoms with Gasteiger partial charge < -0.3 is 0 Å². The van der Waals surface area contributed by atoms with E-state index in [2.05, 4.69) is 4.98 Å². The Morgan fingerprint density at radius 3 is 2.58 bits per heavy atom. The second kappa shape index (κ2) is 2.99. The molecule has 0 aliphatic heterocycles. The number of pyridine rings is 1. The SMILES string of the molecule is Cc1cc(F)cnc1S(=O)(=O)Cl. The standard InChI is InChI=1S/C6H5ClFNO2S/c1-4-2-5(8)3-9-6(4)12(7,10)11/h2-3H,1H3. The third-order valence-electron chi connectivity index (χ3n) is 1.23. The van der Waals surface area contributed by atoms with Crippen LogP contribution in [0.25, 0.3) is 0 Å². The van der Waals surface area contributed by atoms with Gasteiger partial charge in [0.2, 0.25) is 0 Å². The molecule has 0 aromatic carbocycles. The molecule has 0 fully saturated rings. The quantitative estimate of drug-likeness (QED) is 0.658. The third-order valence-corrected chi connectivity index (χ3v) is 2.56. The highest BCUT2D eigenvalue weighted by atomic mass is 35.7. The molecule has 0 N–H and O–H groups in total. The van der Waals surface area contributed by atoms with E-state index in [1.165, 1.54) is 6.92 Å². The minimum Gasteiger partial charge on any atom is -0.240 e. The number of rotatable bonds is 1. The molecule has 0 amide bonds. The molecule has 1 aromatic heterocycles. The van der Waals surface area contributed by atoms with E-state index in [-0.39, 0.29) is 10.6 Å². The van der Waals surface area contributed by atoms with Crippen LogP contribution in [0.2, 0.25) is 0 Å². The first-order valence-electron chi connectivity index (χ1n) is 2.98. The normalized spacial score (nSPS) is 11.6. The van der Waals surface area contributed by atoms with Crippen LogP contribution < -0.4 is 0 Å². The van der Waals surface area contributed by atoms with Gasteiger partial charge in [0.1, 0.15) is 5.82 Å². The zero-order valence-corrected chi connectivity index (χ0v) is 7.66. The summed E-state index contributed by atoms with van der Waals surface area (Å²) in [7, 11) is 1.15. The molecule has 0 unspecified atom stereocenters. The summed E-state index contributed by atoms with van der Waals surface area (Å²) < 4.78 is 33.9. The monoisotopic (exact) mass is 209 g/mol. The molecular formula is C6H5ClFNO2S. The van der Waals surface area contributed by atoms with E-state index in [9.17, 15) is 12.8 Å². The Morgan fingerprint density at radius 1 is 1.58 bits per heavy atom. The van der Waals surface area contributed by atoms with Crippen LogP contribution in [0.4, 0.5) is 4.39 Å². The molecule has 1 rings (SSSR count). The fourth-order valence-electron chi connectivity index (χ4n) is 0.783. The van der Waals surface area contributed by atoms with Crippen molar-refractivity contribution >= 4 is 19.7 Å². The van der Waals surface area contributed by atoms with E-state index < -0.39 is 14.9 Å². The molecule has 12 heavy (non-hydrogen) atoms. The van der Waals surface area contributed by atoms with Crippen molar-refractivity contribution in [3.63, 3.8) is 0 Å². The molecule has 1 heterocycles. The molecule has 0 bridgehead atoms. The van der Waals surface area contributed by atoms with Gasteiger partial charge in [0.05, 0.1) is 6.20 Å². The summed E-state index contributed by atoms with van der Waals surface area (Å²) in [5.41, 5.74) is 0.199. The lowest BCUT2D eigenvalue weighted by Crippen LogP contribution is -1.98. The van der Waals surface area contributed by atoms with Crippen LogP contribution >= 0.6 is 10.7 Å². The van der Waals surface area contributed by atoms with Crippen LogP contribution in [0.1, 0.15) is 5.56 Å². The molecule has 0 aliphatic carbocycles. The number of hydrogen-bond donors (Lipinski definition) is 0. The Bertz CT molecular complexity index is 404. The first kappa shape index (κ1) is 9.41. The Hall–Kier alpha value is -0.680. The van der Waals surface area contributed by atoms with Crippen molar-refractivity contribution < 1.29 is 12.8 Å². The molecule has 0 atom stereocenters. The molecule has 0 saturated heterocycles. The van der Waals surface area contributed by atoms with Crippen molar-refractivity contribution in [1.29, 1.82) is 0 Å². The number of halogens is 2. The first-order valence-corrected chi connectivity index (χ1v) is 5.29. The van der Waals surface area contributed by atoms with Crippen LogP contribution in [0.15, 0.2) is 17.3 Å². The van der Waals surface area contributed by atoms with Crippen LogP contribution in [0.5, 0.6) is 0 Å². The highest BCUT2D eigenvalue weighted by Crippen LogP contribution is 2.16. The topological polar surface area (TPSA) is 47.0 Å². The predicted octanol–water partition coefficient (Wildman–Crippen LogP) is 1.46. The van der Waals surface area contributed by atoms with Gasteiger partial charge in [-0.2, -0.15) is 0 Å². The highest BCUT2D eigenvalue weighted by Gasteiger charge is 2.14. The number of hydrogen-bond acceptors (Lipinski definition) is 3. The van der Waals surface area contributed by atoms with Gasteiger partial charge in [-0.25, -0.2) is 17.8 Å². The van der Waals surface area contributed by atoms with Crippen molar-refractivity contribution in [2.24, 2.45) is 0 Å². The van der Waals surface area contributed by atoms with Crippen molar-refractivity contribution in [3.05, 3.63) is 23.6 Å². The lowest BCUT2D eigenvalue weighted by molar-refractivity contribution is 0.597. The third kappa shape index (κ3) is 1.92. The van der Waals surface area contributed by atoms with Gasteiger partial charge in [-0.3, -0.25) is 0 Å². The Balaban J connectivity index is 3.39. The van der Waals surface area contributed by atoms with Gasteiger partial charge in [0.15, 0.2) is 5.03 Å². The lowest BCUT2D eigenvalue weighted by Gasteiger charge is -1.98. The minimum atomic E-state index is -3.86. The fraction of sp³-hybridized carbons (Fsp3) is 0.167. The smallest absolute Gasteiger partial charge is 0.240 e.